The predicted octanol–water partition coefficient (Wildman–Crippen LogP) is 5.27. The maximum atomic E-state index is 12.5. The van der Waals surface area contributed by atoms with Crippen LogP contribution in [-0.2, 0) is 4.79 Å². The quantitative estimate of drug-likeness (QED) is 0.367. The van der Waals surface area contributed by atoms with Gasteiger partial charge in [0.25, 0.3) is 11.8 Å². The molecule has 0 aliphatic heterocycles. The number of thiocarbonyl (C=S) groups is 1. The minimum absolute atomic E-state index is 0.134. The Balaban J connectivity index is 1.53. The van der Waals surface area contributed by atoms with Crippen molar-refractivity contribution in [2.45, 2.75) is 20.0 Å². The lowest BCUT2D eigenvalue weighted by Crippen LogP contribution is -2.34. The minimum Gasteiger partial charge on any atom is -0.493 e. The lowest BCUT2D eigenvalue weighted by atomic mass is 10.2. The monoisotopic (exact) mass is 497 g/mol. The smallest absolute Gasteiger partial charge is 0.265 e. The van der Waals surface area contributed by atoms with Gasteiger partial charge in [0.2, 0.25) is 0 Å². The van der Waals surface area contributed by atoms with Gasteiger partial charge in [-0.2, -0.15) is 0 Å². The Hall–Kier alpha value is -3.62. The number of carbonyl (C=O) groups excluding carboxylic acids is 2. The van der Waals surface area contributed by atoms with Gasteiger partial charge in [-0.3, -0.25) is 14.9 Å². The van der Waals surface area contributed by atoms with Crippen molar-refractivity contribution in [2.24, 2.45) is 0 Å². The highest BCUT2D eigenvalue weighted by Gasteiger charge is 2.16. The van der Waals surface area contributed by atoms with Crippen molar-refractivity contribution < 1.29 is 19.1 Å². The van der Waals surface area contributed by atoms with Crippen LogP contribution in [0.1, 0.15) is 24.2 Å². The number of hydrogen-bond acceptors (Lipinski definition) is 5. The van der Waals surface area contributed by atoms with E-state index in [9.17, 15) is 9.59 Å². The number of nitrogens with one attached hydrogen (secondary N) is 3. The molecule has 0 aliphatic carbocycles. The van der Waals surface area contributed by atoms with Crippen LogP contribution in [0.4, 0.5) is 11.4 Å². The molecule has 2 amide bonds. The largest absolute Gasteiger partial charge is 0.493 e. The topological polar surface area (TPSA) is 88.7 Å². The summed E-state index contributed by atoms with van der Waals surface area (Å²) in [6.45, 7) is 3.93. The Morgan fingerprint density at radius 2 is 1.50 bits per heavy atom. The second-order valence-electron chi connectivity index (χ2n) is 7.09. The van der Waals surface area contributed by atoms with Crippen LogP contribution in [-0.4, -0.2) is 29.6 Å². The minimum atomic E-state index is -0.750. The van der Waals surface area contributed by atoms with E-state index in [4.69, 9.17) is 33.3 Å². The summed E-state index contributed by atoms with van der Waals surface area (Å²) < 4.78 is 11.1. The van der Waals surface area contributed by atoms with Gasteiger partial charge in [0.1, 0.15) is 11.5 Å². The second-order valence-corrected chi connectivity index (χ2v) is 7.91. The molecule has 9 heteroatoms. The molecule has 0 saturated carbocycles. The number of halogens is 1. The number of ether oxygens (including phenoxy) is 2. The van der Waals surface area contributed by atoms with E-state index in [0.717, 1.165) is 0 Å². The van der Waals surface area contributed by atoms with Crippen molar-refractivity contribution in [3.63, 3.8) is 0 Å². The average molecular weight is 498 g/mol. The molecule has 0 spiro atoms. The fraction of sp³-hybridized carbons (Fsp3) is 0.160. The van der Waals surface area contributed by atoms with Crippen LogP contribution in [0.25, 0.3) is 0 Å². The molecular formula is C25H24ClN3O4S. The van der Waals surface area contributed by atoms with E-state index in [2.05, 4.69) is 16.0 Å². The third-order valence-corrected chi connectivity index (χ3v) is 5.09. The van der Waals surface area contributed by atoms with E-state index in [1.807, 2.05) is 6.92 Å². The second kappa shape index (κ2) is 12.0. The van der Waals surface area contributed by atoms with Gasteiger partial charge in [0.15, 0.2) is 11.2 Å². The molecule has 34 heavy (non-hydrogen) atoms. The van der Waals surface area contributed by atoms with Crippen molar-refractivity contribution in [3.8, 4) is 11.5 Å². The number of carbonyl (C=O) groups is 2. The zero-order chi connectivity index (χ0) is 24.5. The molecule has 0 saturated heterocycles. The summed E-state index contributed by atoms with van der Waals surface area (Å²) in [7, 11) is 0. The van der Waals surface area contributed by atoms with Crippen molar-refractivity contribution in [1.29, 1.82) is 0 Å². The number of rotatable bonds is 8. The highest BCUT2D eigenvalue weighted by atomic mass is 35.5. The maximum Gasteiger partial charge on any atom is 0.265 e. The normalized spacial score (nSPS) is 11.1. The first-order valence-corrected chi connectivity index (χ1v) is 11.3. The van der Waals surface area contributed by atoms with Gasteiger partial charge in [0, 0.05) is 11.4 Å². The Kier molecular flexibility index (Phi) is 8.84. The Morgan fingerprint density at radius 3 is 2.15 bits per heavy atom. The Bertz CT molecular complexity index is 1170. The molecule has 0 aromatic heterocycles. The first kappa shape index (κ1) is 25.0. The third kappa shape index (κ3) is 6.94. The van der Waals surface area contributed by atoms with E-state index in [-0.39, 0.29) is 16.9 Å². The molecule has 3 rings (SSSR count). The molecular weight excluding hydrogens is 474 g/mol. The van der Waals surface area contributed by atoms with Gasteiger partial charge in [-0.05, 0) is 74.6 Å². The molecule has 176 valence electrons. The number of hydrogen-bond donors (Lipinski definition) is 3. The summed E-state index contributed by atoms with van der Waals surface area (Å²) in [6.07, 6.45) is -0.750. The summed E-state index contributed by atoms with van der Waals surface area (Å²) in [4.78, 5) is 25.0. The highest BCUT2D eigenvalue weighted by molar-refractivity contribution is 7.80. The van der Waals surface area contributed by atoms with Crippen LogP contribution in [0, 0.1) is 0 Å². The van der Waals surface area contributed by atoms with Crippen molar-refractivity contribution in [2.75, 3.05) is 17.2 Å². The van der Waals surface area contributed by atoms with Gasteiger partial charge in [-0.15, -0.1) is 0 Å². The number of anilines is 2. The van der Waals surface area contributed by atoms with Crippen molar-refractivity contribution in [3.05, 3.63) is 83.4 Å². The van der Waals surface area contributed by atoms with Gasteiger partial charge in [-0.1, -0.05) is 35.9 Å². The molecule has 0 fully saturated rings. The molecule has 3 aromatic carbocycles. The zero-order valence-corrected chi connectivity index (χ0v) is 20.2. The number of amides is 2. The third-order valence-electron chi connectivity index (χ3n) is 4.58. The first-order chi connectivity index (χ1) is 16.4. The van der Waals surface area contributed by atoms with Crippen LogP contribution in [0.2, 0.25) is 5.02 Å². The molecule has 0 bridgehead atoms. The maximum absolute atomic E-state index is 12.5. The summed E-state index contributed by atoms with van der Waals surface area (Å²) in [5.74, 6) is 0.221. The molecule has 1 unspecified atom stereocenters. The summed E-state index contributed by atoms with van der Waals surface area (Å²) in [5, 5.41) is 8.93. The number of benzene rings is 3. The molecule has 0 heterocycles. The van der Waals surface area contributed by atoms with E-state index in [1.54, 1.807) is 79.7 Å². The lowest BCUT2D eigenvalue weighted by molar-refractivity contribution is -0.122. The Labute approximate surface area is 208 Å². The lowest BCUT2D eigenvalue weighted by Gasteiger charge is -2.16. The van der Waals surface area contributed by atoms with Crippen LogP contribution < -0.4 is 25.4 Å². The van der Waals surface area contributed by atoms with Crippen LogP contribution in [0.15, 0.2) is 72.8 Å². The zero-order valence-electron chi connectivity index (χ0n) is 18.6. The van der Waals surface area contributed by atoms with E-state index >= 15 is 0 Å². The number of para-hydroxylation sites is 2. The van der Waals surface area contributed by atoms with Gasteiger partial charge in [0.05, 0.1) is 17.2 Å². The van der Waals surface area contributed by atoms with Gasteiger partial charge in [-0.25, -0.2) is 0 Å². The molecule has 7 nitrogen and oxygen atoms in total. The van der Waals surface area contributed by atoms with E-state index < -0.39 is 6.10 Å². The van der Waals surface area contributed by atoms with Gasteiger partial charge >= 0.3 is 0 Å². The molecule has 3 N–H and O–H groups in total. The molecule has 0 radical (unpaired) electrons. The van der Waals surface area contributed by atoms with Gasteiger partial charge < -0.3 is 20.1 Å². The highest BCUT2D eigenvalue weighted by Crippen LogP contribution is 2.24. The van der Waals surface area contributed by atoms with Crippen molar-refractivity contribution in [1.82, 2.24) is 5.32 Å². The van der Waals surface area contributed by atoms with Crippen LogP contribution in [0.3, 0.4) is 0 Å². The van der Waals surface area contributed by atoms with Crippen molar-refractivity contribution >= 4 is 52.1 Å². The molecule has 1 atom stereocenters. The van der Waals surface area contributed by atoms with Crippen LogP contribution in [0.5, 0.6) is 11.5 Å². The fourth-order valence-corrected chi connectivity index (χ4v) is 3.32. The van der Waals surface area contributed by atoms with E-state index in [1.165, 1.54) is 0 Å². The Morgan fingerprint density at radius 1 is 0.912 bits per heavy atom. The standard InChI is InChI=1S/C25H24ClN3O4S/c1-3-32-21-10-6-4-8-19(21)24(31)29-25(34)28-18-14-12-17(13-15-18)27-23(30)16(2)33-22-11-7-5-9-20(22)26/h4-16H,3H2,1-2H3,(H,27,30)(H2,28,29,31,34). The summed E-state index contributed by atoms with van der Waals surface area (Å²) >= 11 is 11.3. The molecule has 0 aliphatic rings. The first-order valence-electron chi connectivity index (χ1n) is 10.5. The van der Waals surface area contributed by atoms with Crippen LogP contribution >= 0.6 is 23.8 Å². The average Bonchev–Trinajstić information content (AvgIpc) is 2.82. The predicted molar refractivity (Wildman–Crippen MR) is 138 cm³/mol. The summed E-state index contributed by atoms with van der Waals surface area (Å²) in [5.41, 5.74) is 1.60. The fourth-order valence-electron chi connectivity index (χ4n) is 2.93. The SMILES string of the molecule is CCOc1ccccc1C(=O)NC(=S)Nc1ccc(NC(=O)C(C)Oc2ccccc2Cl)cc1. The molecule has 3 aromatic rings. The summed E-state index contributed by atoms with van der Waals surface area (Å²) in [6, 6.07) is 20.7. The van der Waals surface area contributed by atoms with E-state index in [0.29, 0.717) is 40.1 Å².